The summed E-state index contributed by atoms with van der Waals surface area (Å²) in [7, 11) is 0. The fourth-order valence-electron chi connectivity index (χ4n) is 2.73. The van der Waals surface area contributed by atoms with Crippen LogP contribution in [0.15, 0.2) is 66.2 Å². The van der Waals surface area contributed by atoms with Gasteiger partial charge in [-0.05, 0) is 42.0 Å². The average Bonchev–Trinajstić information content (AvgIpc) is 2.79. The molecule has 2 N–H and O–H groups in total. The molecule has 0 fully saturated rings. The molecular weight excluding hydrogens is 469 g/mol. The van der Waals surface area contributed by atoms with Crippen LogP contribution >= 0.6 is 23.2 Å². The van der Waals surface area contributed by atoms with Gasteiger partial charge in [0.05, 0.1) is 16.7 Å². The zero-order valence-electron chi connectivity index (χ0n) is 16.8. The Hall–Kier alpha value is -4.06. The Morgan fingerprint density at radius 3 is 2.39 bits per heavy atom. The second-order valence-electron chi connectivity index (χ2n) is 6.64. The van der Waals surface area contributed by atoms with Crippen LogP contribution in [0.5, 0.6) is 11.5 Å². The summed E-state index contributed by atoms with van der Waals surface area (Å²) in [6.07, 6.45) is 1.35. The topological polar surface area (TPSA) is 125 Å². The fourth-order valence-corrected chi connectivity index (χ4v) is 3.24. The molecule has 0 saturated carbocycles. The Bertz CT molecular complexity index is 1260. The van der Waals surface area contributed by atoms with Crippen LogP contribution in [0.25, 0.3) is 6.08 Å². The standard InChI is InChI=1S/C23H15Cl2N3O5/c24-19-2-1-3-20(25)18(19)13-33-17-7-4-14(5-8-17)10-15(12-26)23(30)27-21-9-6-16(28(31)32)11-22(21)29/h1-11,29H,13H2,(H,27,30)/b15-10-. The molecule has 3 aromatic rings. The maximum atomic E-state index is 12.4. The van der Waals surface area contributed by atoms with Gasteiger partial charge in [-0.1, -0.05) is 41.4 Å². The summed E-state index contributed by atoms with van der Waals surface area (Å²) in [5, 5.41) is 33.3. The van der Waals surface area contributed by atoms with Crippen molar-refractivity contribution in [2.75, 3.05) is 5.32 Å². The van der Waals surface area contributed by atoms with Crippen molar-refractivity contribution >= 4 is 46.6 Å². The lowest BCUT2D eigenvalue weighted by atomic mass is 10.1. The molecule has 0 spiro atoms. The third-order valence-corrected chi connectivity index (χ3v) is 5.15. The van der Waals surface area contributed by atoms with E-state index in [9.17, 15) is 25.3 Å². The Labute approximate surface area is 198 Å². The molecule has 166 valence electrons. The van der Waals surface area contributed by atoms with Crippen LogP contribution < -0.4 is 10.1 Å². The van der Waals surface area contributed by atoms with Gasteiger partial charge in [-0.3, -0.25) is 14.9 Å². The first-order valence-corrected chi connectivity index (χ1v) is 10.1. The second-order valence-corrected chi connectivity index (χ2v) is 7.45. The molecule has 0 aliphatic carbocycles. The molecule has 0 radical (unpaired) electrons. The summed E-state index contributed by atoms with van der Waals surface area (Å²) in [5.74, 6) is -0.743. The van der Waals surface area contributed by atoms with Crippen molar-refractivity contribution in [3.8, 4) is 17.6 Å². The molecule has 8 nitrogen and oxygen atoms in total. The minimum absolute atomic E-state index is 0.0614. The minimum atomic E-state index is -0.782. The molecule has 0 bridgehead atoms. The SMILES string of the molecule is N#C/C(=C/c1ccc(OCc2c(Cl)cccc2Cl)cc1)C(=O)Nc1ccc([N+](=O)[O-])cc1O. The van der Waals surface area contributed by atoms with Gasteiger partial charge in [-0.2, -0.15) is 5.26 Å². The molecule has 0 saturated heterocycles. The van der Waals surface area contributed by atoms with Crippen molar-refractivity contribution in [1.82, 2.24) is 0 Å². The lowest BCUT2D eigenvalue weighted by Crippen LogP contribution is -2.13. The van der Waals surface area contributed by atoms with E-state index in [0.29, 0.717) is 26.9 Å². The largest absolute Gasteiger partial charge is 0.506 e. The highest BCUT2D eigenvalue weighted by Crippen LogP contribution is 2.29. The van der Waals surface area contributed by atoms with Crippen LogP contribution in [-0.4, -0.2) is 15.9 Å². The van der Waals surface area contributed by atoms with Gasteiger partial charge in [0.25, 0.3) is 11.6 Å². The number of rotatable bonds is 7. The third kappa shape index (κ3) is 6.01. The molecule has 1 amide bonds. The maximum Gasteiger partial charge on any atom is 0.273 e. The van der Waals surface area contributed by atoms with Crippen molar-refractivity contribution in [2.45, 2.75) is 6.61 Å². The number of anilines is 1. The summed E-state index contributed by atoms with van der Waals surface area (Å²) in [4.78, 5) is 22.5. The predicted molar refractivity (Wildman–Crippen MR) is 124 cm³/mol. The Kier molecular flexibility index (Phi) is 7.51. The number of phenolic OH excluding ortho intramolecular Hbond substituents is 1. The molecule has 0 atom stereocenters. The van der Waals surface area contributed by atoms with E-state index in [1.807, 2.05) is 0 Å². The van der Waals surface area contributed by atoms with E-state index in [0.717, 1.165) is 12.1 Å². The van der Waals surface area contributed by atoms with Crippen molar-refractivity contribution in [1.29, 1.82) is 5.26 Å². The molecule has 3 aromatic carbocycles. The highest BCUT2D eigenvalue weighted by Gasteiger charge is 2.15. The summed E-state index contributed by atoms with van der Waals surface area (Å²) >= 11 is 12.3. The number of non-ortho nitro benzene ring substituents is 1. The zero-order valence-corrected chi connectivity index (χ0v) is 18.3. The van der Waals surface area contributed by atoms with Gasteiger partial charge >= 0.3 is 0 Å². The number of carbonyl (C=O) groups excluding carboxylic acids is 1. The number of nitrogens with zero attached hydrogens (tertiary/aromatic N) is 2. The van der Waals surface area contributed by atoms with Gasteiger partial charge in [-0.15, -0.1) is 0 Å². The lowest BCUT2D eigenvalue weighted by Gasteiger charge is -2.10. The van der Waals surface area contributed by atoms with Crippen molar-refractivity contribution in [3.63, 3.8) is 0 Å². The van der Waals surface area contributed by atoms with E-state index in [1.54, 1.807) is 48.5 Å². The van der Waals surface area contributed by atoms with E-state index in [1.165, 1.54) is 12.1 Å². The summed E-state index contributed by atoms with van der Waals surface area (Å²) in [6, 6.07) is 16.8. The van der Waals surface area contributed by atoms with Crippen LogP contribution in [-0.2, 0) is 11.4 Å². The highest BCUT2D eigenvalue weighted by atomic mass is 35.5. The monoisotopic (exact) mass is 483 g/mol. The number of carbonyl (C=O) groups is 1. The van der Waals surface area contributed by atoms with Crippen LogP contribution in [0.3, 0.4) is 0 Å². The molecule has 0 unspecified atom stereocenters. The smallest absolute Gasteiger partial charge is 0.273 e. The van der Waals surface area contributed by atoms with Crippen LogP contribution in [0.2, 0.25) is 10.0 Å². The van der Waals surface area contributed by atoms with Crippen LogP contribution in [0, 0.1) is 21.4 Å². The Morgan fingerprint density at radius 2 is 1.82 bits per heavy atom. The van der Waals surface area contributed by atoms with E-state index in [2.05, 4.69) is 5.32 Å². The molecule has 0 aliphatic rings. The summed E-state index contributed by atoms with van der Waals surface area (Å²) < 4.78 is 5.70. The zero-order chi connectivity index (χ0) is 24.0. The number of nitro benzene ring substituents is 1. The minimum Gasteiger partial charge on any atom is -0.506 e. The molecule has 0 aromatic heterocycles. The summed E-state index contributed by atoms with van der Waals surface area (Å²) in [6.45, 7) is 0.165. The number of benzene rings is 3. The van der Waals surface area contributed by atoms with Crippen molar-refractivity contribution in [2.24, 2.45) is 0 Å². The number of nitrogens with one attached hydrogen (secondary N) is 1. The fraction of sp³-hybridized carbons (Fsp3) is 0.0435. The maximum absolute atomic E-state index is 12.4. The van der Waals surface area contributed by atoms with Crippen LogP contribution in [0.1, 0.15) is 11.1 Å². The van der Waals surface area contributed by atoms with Crippen LogP contribution in [0.4, 0.5) is 11.4 Å². The number of hydrogen-bond acceptors (Lipinski definition) is 6. The van der Waals surface area contributed by atoms with E-state index in [-0.39, 0.29) is 23.6 Å². The average molecular weight is 484 g/mol. The Balaban J connectivity index is 1.69. The van der Waals surface area contributed by atoms with Gasteiger partial charge in [0.1, 0.15) is 29.7 Å². The molecule has 33 heavy (non-hydrogen) atoms. The van der Waals surface area contributed by atoms with E-state index in [4.69, 9.17) is 27.9 Å². The molecule has 0 aliphatic heterocycles. The first-order valence-electron chi connectivity index (χ1n) is 9.35. The number of phenols is 1. The van der Waals surface area contributed by atoms with Gasteiger partial charge in [0, 0.05) is 21.7 Å². The quantitative estimate of drug-likeness (QED) is 0.145. The van der Waals surface area contributed by atoms with Gasteiger partial charge in [0.2, 0.25) is 0 Å². The molecular formula is C23H15Cl2N3O5. The number of hydrogen-bond donors (Lipinski definition) is 2. The van der Waals surface area contributed by atoms with Gasteiger partial charge in [-0.25, -0.2) is 0 Å². The number of aromatic hydroxyl groups is 1. The number of nitriles is 1. The van der Waals surface area contributed by atoms with E-state index >= 15 is 0 Å². The molecule has 3 rings (SSSR count). The lowest BCUT2D eigenvalue weighted by molar-refractivity contribution is -0.384. The number of amides is 1. The van der Waals surface area contributed by atoms with Gasteiger partial charge < -0.3 is 15.2 Å². The first kappa shape index (κ1) is 23.6. The number of ether oxygens (including phenoxy) is 1. The van der Waals surface area contributed by atoms with Crippen molar-refractivity contribution in [3.05, 3.63) is 97.5 Å². The Morgan fingerprint density at radius 1 is 1.15 bits per heavy atom. The molecule has 10 heteroatoms. The van der Waals surface area contributed by atoms with Gasteiger partial charge in [0.15, 0.2) is 0 Å². The molecule has 0 heterocycles. The number of halogens is 2. The number of nitro groups is 1. The second kappa shape index (κ2) is 10.5. The first-order chi connectivity index (χ1) is 15.8. The summed E-state index contributed by atoms with van der Waals surface area (Å²) in [5.41, 5.74) is 0.583. The van der Waals surface area contributed by atoms with E-state index < -0.39 is 16.6 Å². The third-order valence-electron chi connectivity index (χ3n) is 4.44. The highest BCUT2D eigenvalue weighted by molar-refractivity contribution is 6.35. The predicted octanol–water partition coefficient (Wildman–Crippen LogP) is 5.73. The normalized spacial score (nSPS) is 10.9. The van der Waals surface area contributed by atoms with Crippen molar-refractivity contribution < 1.29 is 19.6 Å².